The minimum absolute atomic E-state index is 0.507. The molecule has 0 aliphatic carbocycles. The molecule has 0 amide bonds. The standard InChI is InChI=1S/C7H4ClF4NO/c8-4-1-3(9)2-5(13)6(4)14-7(10,11)12/h1-2H,13H2. The molecule has 2 nitrogen and oxygen atoms in total. The monoisotopic (exact) mass is 229 g/mol. The van der Waals surface area contributed by atoms with Crippen LogP contribution in [-0.2, 0) is 0 Å². The number of alkyl halides is 3. The van der Waals surface area contributed by atoms with Gasteiger partial charge in [0.2, 0.25) is 0 Å². The van der Waals surface area contributed by atoms with Gasteiger partial charge in [0, 0.05) is 6.07 Å². The summed E-state index contributed by atoms with van der Waals surface area (Å²) in [5.41, 5.74) is 4.57. The predicted molar refractivity (Wildman–Crippen MR) is 42.5 cm³/mol. The summed E-state index contributed by atoms with van der Waals surface area (Å²) in [5, 5.41) is -0.528. The number of anilines is 1. The number of nitrogens with two attached hydrogens (primary N) is 1. The first-order valence-electron chi connectivity index (χ1n) is 3.30. The second-order valence-corrected chi connectivity index (χ2v) is 2.76. The van der Waals surface area contributed by atoms with Crippen LogP contribution in [0.25, 0.3) is 0 Å². The Kier molecular flexibility index (Phi) is 2.75. The van der Waals surface area contributed by atoms with Gasteiger partial charge in [0.05, 0.1) is 10.7 Å². The second kappa shape index (κ2) is 3.53. The van der Waals surface area contributed by atoms with Crippen molar-refractivity contribution in [3.8, 4) is 5.75 Å². The van der Waals surface area contributed by atoms with Gasteiger partial charge in [-0.05, 0) is 6.07 Å². The quantitative estimate of drug-likeness (QED) is 0.594. The fourth-order valence-electron chi connectivity index (χ4n) is 0.804. The summed E-state index contributed by atoms with van der Waals surface area (Å²) in [6.45, 7) is 0. The van der Waals surface area contributed by atoms with Gasteiger partial charge in [-0.3, -0.25) is 0 Å². The van der Waals surface area contributed by atoms with Gasteiger partial charge in [-0.1, -0.05) is 11.6 Å². The number of nitrogen functional groups attached to an aromatic ring is 1. The van der Waals surface area contributed by atoms with Gasteiger partial charge >= 0.3 is 6.36 Å². The molecule has 14 heavy (non-hydrogen) atoms. The third-order valence-electron chi connectivity index (χ3n) is 1.25. The van der Waals surface area contributed by atoms with Crippen LogP contribution in [0.4, 0.5) is 23.2 Å². The van der Waals surface area contributed by atoms with Crippen LogP contribution in [0.5, 0.6) is 5.75 Å². The van der Waals surface area contributed by atoms with Gasteiger partial charge in [0.15, 0.2) is 5.75 Å². The Morgan fingerprint density at radius 1 is 1.29 bits per heavy atom. The van der Waals surface area contributed by atoms with Crippen molar-refractivity contribution in [1.82, 2.24) is 0 Å². The van der Waals surface area contributed by atoms with Crippen molar-refractivity contribution in [2.75, 3.05) is 5.73 Å². The van der Waals surface area contributed by atoms with Gasteiger partial charge in [-0.2, -0.15) is 0 Å². The molecule has 0 spiro atoms. The fraction of sp³-hybridized carbons (Fsp3) is 0.143. The van der Waals surface area contributed by atoms with Gasteiger partial charge in [0.1, 0.15) is 5.82 Å². The van der Waals surface area contributed by atoms with Crippen molar-refractivity contribution in [2.45, 2.75) is 6.36 Å². The maximum atomic E-state index is 12.5. The molecule has 0 aromatic heterocycles. The lowest BCUT2D eigenvalue weighted by Crippen LogP contribution is -2.18. The summed E-state index contributed by atoms with van der Waals surface area (Å²) in [4.78, 5) is 0. The van der Waals surface area contributed by atoms with Crippen LogP contribution in [0.1, 0.15) is 0 Å². The van der Waals surface area contributed by atoms with E-state index in [4.69, 9.17) is 17.3 Å². The minimum Gasteiger partial charge on any atom is -0.402 e. The summed E-state index contributed by atoms with van der Waals surface area (Å²) in [7, 11) is 0. The highest BCUT2D eigenvalue weighted by molar-refractivity contribution is 6.32. The van der Waals surface area contributed by atoms with Crippen molar-refractivity contribution >= 4 is 17.3 Å². The Morgan fingerprint density at radius 3 is 2.29 bits per heavy atom. The van der Waals surface area contributed by atoms with E-state index in [0.29, 0.717) is 12.1 Å². The van der Waals surface area contributed by atoms with Gasteiger partial charge in [-0.15, -0.1) is 13.2 Å². The third kappa shape index (κ3) is 2.66. The first-order chi connectivity index (χ1) is 6.29. The Morgan fingerprint density at radius 2 is 1.86 bits per heavy atom. The summed E-state index contributed by atoms with van der Waals surface area (Å²) < 4.78 is 51.3. The highest BCUT2D eigenvalue weighted by Gasteiger charge is 2.33. The largest absolute Gasteiger partial charge is 0.573 e. The Labute approximate surface area is 81.2 Å². The van der Waals surface area contributed by atoms with Crippen LogP contribution in [0, 0.1) is 5.82 Å². The average Bonchev–Trinajstić information content (AvgIpc) is 1.95. The van der Waals surface area contributed by atoms with Crippen molar-refractivity contribution in [3.63, 3.8) is 0 Å². The van der Waals surface area contributed by atoms with Crippen molar-refractivity contribution in [2.24, 2.45) is 0 Å². The van der Waals surface area contributed by atoms with E-state index in [1.807, 2.05) is 0 Å². The molecule has 0 atom stereocenters. The Hall–Kier alpha value is -1.17. The molecule has 0 bridgehead atoms. The van der Waals surface area contributed by atoms with E-state index < -0.39 is 28.6 Å². The van der Waals surface area contributed by atoms with Crippen molar-refractivity contribution < 1.29 is 22.3 Å². The minimum atomic E-state index is -4.91. The normalized spacial score (nSPS) is 11.5. The zero-order valence-electron chi connectivity index (χ0n) is 6.53. The molecule has 1 rings (SSSR count). The Balaban J connectivity index is 3.09. The smallest absolute Gasteiger partial charge is 0.402 e. The fourth-order valence-corrected chi connectivity index (χ4v) is 1.06. The molecule has 0 heterocycles. The molecule has 1 aromatic carbocycles. The molecular weight excluding hydrogens is 226 g/mol. The predicted octanol–water partition coefficient (Wildman–Crippen LogP) is 2.96. The maximum absolute atomic E-state index is 12.5. The highest BCUT2D eigenvalue weighted by Crippen LogP contribution is 2.35. The first kappa shape index (κ1) is 10.9. The van der Waals surface area contributed by atoms with E-state index in [0.717, 1.165) is 0 Å². The lowest BCUT2D eigenvalue weighted by Gasteiger charge is -2.12. The van der Waals surface area contributed by atoms with Gasteiger partial charge in [-0.25, -0.2) is 4.39 Å². The SMILES string of the molecule is Nc1cc(F)cc(Cl)c1OC(F)(F)F. The molecule has 0 aliphatic heterocycles. The maximum Gasteiger partial charge on any atom is 0.573 e. The van der Waals surface area contributed by atoms with Crippen LogP contribution < -0.4 is 10.5 Å². The molecular formula is C7H4ClF4NO. The molecule has 78 valence electrons. The molecule has 7 heteroatoms. The molecule has 0 radical (unpaired) electrons. The summed E-state index contributed by atoms with van der Waals surface area (Å²) >= 11 is 5.30. The molecule has 2 N–H and O–H groups in total. The van der Waals surface area contributed by atoms with E-state index in [9.17, 15) is 17.6 Å². The number of hydrogen-bond acceptors (Lipinski definition) is 2. The zero-order chi connectivity index (χ0) is 10.9. The lowest BCUT2D eigenvalue weighted by molar-refractivity contribution is -0.274. The van der Waals surface area contributed by atoms with Crippen LogP contribution in [0.15, 0.2) is 12.1 Å². The molecule has 0 aliphatic rings. The first-order valence-corrected chi connectivity index (χ1v) is 3.67. The third-order valence-corrected chi connectivity index (χ3v) is 1.54. The van der Waals surface area contributed by atoms with E-state index in [1.54, 1.807) is 0 Å². The van der Waals surface area contributed by atoms with Crippen molar-refractivity contribution in [1.29, 1.82) is 0 Å². The summed E-state index contributed by atoms with van der Waals surface area (Å²) in [5.74, 6) is -1.62. The second-order valence-electron chi connectivity index (χ2n) is 2.35. The van der Waals surface area contributed by atoms with E-state index in [-0.39, 0.29) is 0 Å². The molecule has 0 saturated carbocycles. The van der Waals surface area contributed by atoms with Crippen LogP contribution in [0.3, 0.4) is 0 Å². The average molecular weight is 230 g/mol. The highest BCUT2D eigenvalue weighted by atomic mass is 35.5. The molecule has 0 fully saturated rings. The van der Waals surface area contributed by atoms with E-state index >= 15 is 0 Å². The topological polar surface area (TPSA) is 35.2 Å². The zero-order valence-corrected chi connectivity index (χ0v) is 7.29. The number of halogens is 5. The number of rotatable bonds is 1. The molecule has 0 unspecified atom stereocenters. The van der Waals surface area contributed by atoms with Gasteiger partial charge in [0.25, 0.3) is 0 Å². The number of ether oxygens (including phenoxy) is 1. The van der Waals surface area contributed by atoms with Gasteiger partial charge < -0.3 is 10.5 Å². The summed E-state index contributed by atoms with van der Waals surface area (Å²) in [6.07, 6.45) is -4.91. The van der Waals surface area contributed by atoms with E-state index in [1.165, 1.54) is 0 Å². The van der Waals surface area contributed by atoms with Crippen molar-refractivity contribution in [3.05, 3.63) is 23.0 Å². The van der Waals surface area contributed by atoms with Crippen LogP contribution in [0.2, 0.25) is 5.02 Å². The molecule has 1 aromatic rings. The number of benzene rings is 1. The van der Waals surface area contributed by atoms with Crippen LogP contribution in [-0.4, -0.2) is 6.36 Å². The van der Waals surface area contributed by atoms with E-state index in [2.05, 4.69) is 4.74 Å². The Bertz CT molecular complexity index is 329. The molecule has 0 saturated heterocycles. The van der Waals surface area contributed by atoms with Crippen LogP contribution >= 0.6 is 11.6 Å². The number of hydrogen-bond donors (Lipinski definition) is 1. The summed E-state index contributed by atoms with van der Waals surface area (Å²) in [6, 6.07) is 1.37. The lowest BCUT2D eigenvalue weighted by atomic mass is 10.3.